The van der Waals surface area contributed by atoms with Gasteiger partial charge in [0.1, 0.15) is 0 Å². The summed E-state index contributed by atoms with van der Waals surface area (Å²) in [6.07, 6.45) is 5.37. The third-order valence-electron chi connectivity index (χ3n) is 2.53. The number of aryl methyl sites for hydroxylation is 1. The zero-order valence-corrected chi connectivity index (χ0v) is 11.5. The molecule has 0 spiro atoms. The molecule has 102 valence electrons. The topological polar surface area (TPSA) is 83.5 Å². The minimum Gasteiger partial charge on any atom is -0.478 e. The van der Waals surface area contributed by atoms with Crippen molar-refractivity contribution in [3.63, 3.8) is 0 Å². The van der Waals surface area contributed by atoms with Crippen molar-refractivity contribution in [2.45, 2.75) is 31.2 Å². The van der Waals surface area contributed by atoms with Gasteiger partial charge in [-0.15, -0.1) is 12.3 Å². The maximum Gasteiger partial charge on any atom is 0.335 e. The zero-order chi connectivity index (χ0) is 14.6. The van der Waals surface area contributed by atoms with E-state index in [4.69, 9.17) is 11.5 Å². The molecule has 0 aliphatic rings. The lowest BCUT2D eigenvalue weighted by Gasteiger charge is -2.12. The third kappa shape index (κ3) is 3.81. The summed E-state index contributed by atoms with van der Waals surface area (Å²) < 4.78 is 26.5. The standard InChI is InChI=1S/C13H15NO4S/c1-4-5-10(3)14-19(17,18)11-7-6-9(2)12(8-11)13(15)16/h1,6-8,10,14H,5H2,2-3H3,(H,15,16). The zero-order valence-electron chi connectivity index (χ0n) is 10.7. The molecule has 1 unspecified atom stereocenters. The van der Waals surface area contributed by atoms with Gasteiger partial charge in [0, 0.05) is 12.5 Å². The molecule has 1 atom stereocenters. The maximum absolute atomic E-state index is 12.0. The number of carboxylic acid groups (broad SMARTS) is 1. The van der Waals surface area contributed by atoms with Crippen LogP contribution in [-0.4, -0.2) is 25.5 Å². The van der Waals surface area contributed by atoms with Crippen molar-refractivity contribution < 1.29 is 18.3 Å². The van der Waals surface area contributed by atoms with Crippen LogP contribution in [0, 0.1) is 19.3 Å². The fourth-order valence-electron chi connectivity index (χ4n) is 1.55. The molecule has 0 aliphatic heterocycles. The fraction of sp³-hybridized carbons (Fsp3) is 0.308. The largest absolute Gasteiger partial charge is 0.478 e. The number of benzene rings is 1. The van der Waals surface area contributed by atoms with Gasteiger partial charge >= 0.3 is 5.97 Å². The highest BCUT2D eigenvalue weighted by Crippen LogP contribution is 2.16. The molecule has 0 bridgehead atoms. The summed E-state index contributed by atoms with van der Waals surface area (Å²) in [5.41, 5.74) is 0.468. The lowest BCUT2D eigenvalue weighted by atomic mass is 10.1. The van der Waals surface area contributed by atoms with E-state index in [1.807, 2.05) is 0 Å². The van der Waals surface area contributed by atoms with Crippen LogP contribution in [0.4, 0.5) is 0 Å². The Morgan fingerprint density at radius 3 is 2.68 bits per heavy atom. The average Bonchev–Trinajstić information content (AvgIpc) is 2.28. The maximum atomic E-state index is 12.0. The fourth-order valence-corrected chi connectivity index (χ4v) is 2.82. The smallest absolute Gasteiger partial charge is 0.335 e. The molecule has 1 aromatic carbocycles. The molecule has 0 amide bonds. The molecule has 0 saturated heterocycles. The van der Waals surface area contributed by atoms with Crippen molar-refractivity contribution in [3.8, 4) is 12.3 Å². The van der Waals surface area contributed by atoms with E-state index in [1.165, 1.54) is 12.1 Å². The number of carbonyl (C=O) groups is 1. The van der Waals surface area contributed by atoms with Crippen molar-refractivity contribution >= 4 is 16.0 Å². The van der Waals surface area contributed by atoms with E-state index < -0.39 is 22.0 Å². The minimum absolute atomic E-state index is 0.0347. The van der Waals surface area contributed by atoms with Crippen LogP contribution < -0.4 is 4.72 Å². The Labute approximate surface area is 112 Å². The number of nitrogens with one attached hydrogen (secondary N) is 1. The van der Waals surface area contributed by atoms with Crippen LogP contribution in [0.3, 0.4) is 0 Å². The van der Waals surface area contributed by atoms with E-state index in [2.05, 4.69) is 10.6 Å². The molecule has 0 aromatic heterocycles. The molecule has 0 heterocycles. The predicted octanol–water partition coefficient (Wildman–Crippen LogP) is 1.38. The monoisotopic (exact) mass is 281 g/mol. The van der Waals surface area contributed by atoms with E-state index >= 15 is 0 Å². The van der Waals surface area contributed by atoms with Crippen LogP contribution in [0.25, 0.3) is 0 Å². The van der Waals surface area contributed by atoms with Crippen molar-refractivity contribution in [1.29, 1.82) is 0 Å². The molecule has 1 rings (SSSR count). The molecule has 0 radical (unpaired) electrons. The van der Waals surface area contributed by atoms with Gasteiger partial charge in [0.25, 0.3) is 0 Å². The second kappa shape index (κ2) is 5.87. The molecule has 6 heteroatoms. The summed E-state index contributed by atoms with van der Waals surface area (Å²) in [5, 5.41) is 8.98. The Kier molecular flexibility index (Phi) is 4.70. The van der Waals surface area contributed by atoms with E-state index in [0.29, 0.717) is 5.56 Å². The Balaban J connectivity index is 3.13. The number of carboxylic acids is 1. The molecule has 5 nitrogen and oxygen atoms in total. The number of rotatable bonds is 5. The summed E-state index contributed by atoms with van der Waals surface area (Å²) in [4.78, 5) is 10.9. The van der Waals surface area contributed by atoms with Crippen molar-refractivity contribution in [2.75, 3.05) is 0 Å². The average molecular weight is 281 g/mol. The molecule has 2 N–H and O–H groups in total. The number of sulfonamides is 1. The first-order valence-corrected chi connectivity index (χ1v) is 7.06. The summed E-state index contributed by atoms with van der Waals surface area (Å²) >= 11 is 0. The van der Waals surface area contributed by atoms with Gasteiger partial charge in [-0.1, -0.05) is 6.07 Å². The van der Waals surface area contributed by atoms with Gasteiger partial charge in [0.15, 0.2) is 0 Å². The second-order valence-corrected chi connectivity index (χ2v) is 5.93. The van der Waals surface area contributed by atoms with Gasteiger partial charge in [0.2, 0.25) is 10.0 Å². The van der Waals surface area contributed by atoms with Gasteiger partial charge in [0.05, 0.1) is 10.5 Å². The van der Waals surface area contributed by atoms with Gasteiger partial charge < -0.3 is 5.11 Å². The number of hydrogen-bond acceptors (Lipinski definition) is 3. The van der Waals surface area contributed by atoms with Crippen molar-refractivity contribution in [2.24, 2.45) is 0 Å². The number of terminal acetylenes is 1. The van der Waals surface area contributed by atoms with E-state index in [-0.39, 0.29) is 16.9 Å². The highest BCUT2D eigenvalue weighted by atomic mass is 32.2. The lowest BCUT2D eigenvalue weighted by Crippen LogP contribution is -2.32. The van der Waals surface area contributed by atoms with Gasteiger partial charge in [-0.25, -0.2) is 17.9 Å². The second-order valence-electron chi connectivity index (χ2n) is 4.21. The normalized spacial score (nSPS) is 12.7. The Morgan fingerprint density at radius 1 is 1.53 bits per heavy atom. The first-order chi connectivity index (χ1) is 8.77. The molecule has 19 heavy (non-hydrogen) atoms. The van der Waals surface area contributed by atoms with Crippen LogP contribution in [0.2, 0.25) is 0 Å². The summed E-state index contributed by atoms with van der Waals surface area (Å²) in [7, 11) is -3.76. The summed E-state index contributed by atoms with van der Waals surface area (Å²) in [6.45, 7) is 3.25. The van der Waals surface area contributed by atoms with Crippen LogP contribution in [0.5, 0.6) is 0 Å². The van der Waals surface area contributed by atoms with Crippen LogP contribution in [0.15, 0.2) is 23.1 Å². The van der Waals surface area contributed by atoms with E-state index in [0.717, 1.165) is 6.07 Å². The van der Waals surface area contributed by atoms with Crippen molar-refractivity contribution in [3.05, 3.63) is 29.3 Å². The minimum atomic E-state index is -3.76. The Hall–Kier alpha value is -1.84. The molecular formula is C13H15NO4S. The van der Waals surface area contributed by atoms with Crippen LogP contribution >= 0.6 is 0 Å². The molecule has 1 aromatic rings. The number of aromatic carboxylic acids is 1. The predicted molar refractivity (Wildman–Crippen MR) is 71.4 cm³/mol. The highest BCUT2D eigenvalue weighted by molar-refractivity contribution is 7.89. The SMILES string of the molecule is C#CCC(C)NS(=O)(=O)c1ccc(C)c(C(=O)O)c1. The molecule has 0 fully saturated rings. The van der Waals surface area contributed by atoms with Crippen LogP contribution in [-0.2, 0) is 10.0 Å². The van der Waals surface area contributed by atoms with Gasteiger partial charge in [-0.2, -0.15) is 0 Å². The van der Waals surface area contributed by atoms with Gasteiger partial charge in [-0.05, 0) is 31.5 Å². The quantitative estimate of drug-likeness (QED) is 0.799. The summed E-state index contributed by atoms with van der Waals surface area (Å²) in [6, 6.07) is 3.56. The first-order valence-electron chi connectivity index (χ1n) is 5.57. The van der Waals surface area contributed by atoms with E-state index in [9.17, 15) is 13.2 Å². The van der Waals surface area contributed by atoms with Crippen LogP contribution in [0.1, 0.15) is 29.3 Å². The van der Waals surface area contributed by atoms with E-state index in [1.54, 1.807) is 13.8 Å². The van der Waals surface area contributed by atoms with Crippen molar-refractivity contribution in [1.82, 2.24) is 4.72 Å². The first kappa shape index (κ1) is 15.2. The Morgan fingerprint density at radius 2 is 2.16 bits per heavy atom. The lowest BCUT2D eigenvalue weighted by molar-refractivity contribution is 0.0696. The Bertz CT molecular complexity index is 629. The molecular weight excluding hydrogens is 266 g/mol. The molecule has 0 saturated carbocycles. The third-order valence-corrected chi connectivity index (χ3v) is 4.12. The van der Waals surface area contributed by atoms with Gasteiger partial charge in [-0.3, -0.25) is 0 Å². The number of hydrogen-bond donors (Lipinski definition) is 2. The molecule has 0 aliphatic carbocycles. The highest BCUT2D eigenvalue weighted by Gasteiger charge is 2.19. The summed E-state index contributed by atoms with van der Waals surface area (Å²) in [5.74, 6) is 1.20.